The molecule has 1 aromatic carbocycles. The van der Waals surface area contributed by atoms with Crippen LogP contribution in [0.3, 0.4) is 0 Å². The zero-order valence-corrected chi connectivity index (χ0v) is 8.65. The van der Waals surface area contributed by atoms with Gasteiger partial charge >= 0.3 is 0 Å². The summed E-state index contributed by atoms with van der Waals surface area (Å²) < 4.78 is 10.5. The number of rotatable bonds is 2. The summed E-state index contributed by atoms with van der Waals surface area (Å²) in [4.78, 5) is 0. The third kappa shape index (κ3) is 1.44. The van der Waals surface area contributed by atoms with Gasteiger partial charge in [-0.25, -0.2) is 0 Å². The van der Waals surface area contributed by atoms with Crippen LogP contribution in [0, 0.1) is 11.3 Å². The van der Waals surface area contributed by atoms with E-state index in [-0.39, 0.29) is 5.92 Å². The van der Waals surface area contributed by atoms with Crippen LogP contribution in [-0.2, 0) is 0 Å². The van der Waals surface area contributed by atoms with E-state index in [2.05, 4.69) is 6.07 Å². The molecule has 0 aliphatic carbocycles. The predicted molar refractivity (Wildman–Crippen MR) is 56.8 cm³/mol. The number of hydrogen-bond donors (Lipinski definition) is 0. The molecule has 0 aliphatic heterocycles. The highest BCUT2D eigenvalue weighted by atomic mass is 16.5. The Hall–Kier alpha value is -1.95. The van der Waals surface area contributed by atoms with E-state index in [1.807, 2.05) is 25.1 Å². The number of hydrogen-bond acceptors (Lipinski definition) is 3. The Bertz CT molecular complexity index is 522. The molecule has 2 aromatic rings. The van der Waals surface area contributed by atoms with Gasteiger partial charge in [0.1, 0.15) is 0 Å². The van der Waals surface area contributed by atoms with E-state index in [1.54, 1.807) is 13.4 Å². The third-order valence-corrected chi connectivity index (χ3v) is 2.49. The molecule has 1 atom stereocenters. The van der Waals surface area contributed by atoms with Gasteiger partial charge in [-0.3, -0.25) is 0 Å². The molecule has 0 N–H and O–H groups in total. The summed E-state index contributed by atoms with van der Waals surface area (Å²) in [5, 5.41) is 9.85. The third-order valence-electron chi connectivity index (χ3n) is 2.49. The largest absolute Gasteiger partial charge is 0.493 e. The summed E-state index contributed by atoms with van der Waals surface area (Å²) in [7, 11) is 1.60. The van der Waals surface area contributed by atoms with E-state index >= 15 is 0 Å². The van der Waals surface area contributed by atoms with Crippen molar-refractivity contribution in [3.05, 3.63) is 30.0 Å². The van der Waals surface area contributed by atoms with Crippen molar-refractivity contribution in [2.75, 3.05) is 7.11 Å². The minimum atomic E-state index is -0.143. The second-order valence-corrected chi connectivity index (χ2v) is 3.37. The molecular weight excluding hydrogens is 190 g/mol. The van der Waals surface area contributed by atoms with Gasteiger partial charge < -0.3 is 9.15 Å². The van der Waals surface area contributed by atoms with Crippen molar-refractivity contribution in [2.45, 2.75) is 12.8 Å². The normalized spacial score (nSPS) is 12.3. The first-order valence-corrected chi connectivity index (χ1v) is 4.71. The Kier molecular flexibility index (Phi) is 2.34. The van der Waals surface area contributed by atoms with Crippen molar-refractivity contribution in [3.8, 4) is 11.8 Å². The minimum absolute atomic E-state index is 0.143. The SMILES string of the molecule is COc1ccc(C(C)C#N)c2ccoc12. The van der Waals surface area contributed by atoms with E-state index in [1.165, 1.54) is 0 Å². The van der Waals surface area contributed by atoms with Crippen LogP contribution in [0.4, 0.5) is 0 Å². The summed E-state index contributed by atoms with van der Waals surface area (Å²) in [5.41, 5.74) is 1.68. The fourth-order valence-electron chi connectivity index (χ4n) is 1.67. The van der Waals surface area contributed by atoms with Crippen LogP contribution in [0.25, 0.3) is 11.0 Å². The zero-order valence-electron chi connectivity index (χ0n) is 8.65. The molecule has 0 aliphatic rings. The monoisotopic (exact) mass is 201 g/mol. The Balaban J connectivity index is 2.69. The van der Waals surface area contributed by atoms with Gasteiger partial charge in [0.25, 0.3) is 0 Å². The lowest BCUT2D eigenvalue weighted by Crippen LogP contribution is -1.91. The van der Waals surface area contributed by atoms with Gasteiger partial charge in [0, 0.05) is 5.39 Å². The van der Waals surface area contributed by atoms with Crippen molar-refractivity contribution in [2.24, 2.45) is 0 Å². The Morgan fingerprint density at radius 3 is 2.87 bits per heavy atom. The molecule has 0 saturated carbocycles. The first kappa shape index (κ1) is 9.60. The van der Waals surface area contributed by atoms with Gasteiger partial charge in [-0.15, -0.1) is 0 Å². The lowest BCUT2D eigenvalue weighted by molar-refractivity contribution is 0.410. The van der Waals surface area contributed by atoms with Crippen molar-refractivity contribution in [1.29, 1.82) is 5.26 Å². The molecule has 2 rings (SSSR count). The maximum Gasteiger partial charge on any atom is 0.175 e. The van der Waals surface area contributed by atoms with Crippen LogP contribution in [0.15, 0.2) is 28.9 Å². The number of benzene rings is 1. The summed E-state index contributed by atoms with van der Waals surface area (Å²) in [5.74, 6) is 0.555. The second kappa shape index (κ2) is 3.66. The molecule has 1 unspecified atom stereocenters. The van der Waals surface area contributed by atoms with Gasteiger partial charge in [0.15, 0.2) is 11.3 Å². The number of fused-ring (bicyclic) bond motifs is 1. The molecule has 0 fully saturated rings. The lowest BCUT2D eigenvalue weighted by atomic mass is 9.99. The molecular formula is C12H11NO2. The van der Waals surface area contributed by atoms with Gasteiger partial charge in [0.2, 0.25) is 0 Å². The zero-order chi connectivity index (χ0) is 10.8. The second-order valence-electron chi connectivity index (χ2n) is 3.37. The molecule has 76 valence electrons. The van der Waals surface area contributed by atoms with E-state index in [0.717, 1.165) is 10.9 Å². The van der Waals surface area contributed by atoms with Crippen LogP contribution in [0.1, 0.15) is 18.4 Å². The average Bonchev–Trinajstić information content (AvgIpc) is 2.75. The van der Waals surface area contributed by atoms with E-state index < -0.39 is 0 Å². The topological polar surface area (TPSA) is 46.2 Å². The highest BCUT2D eigenvalue weighted by Crippen LogP contribution is 2.32. The van der Waals surface area contributed by atoms with Crippen LogP contribution >= 0.6 is 0 Å². The number of ether oxygens (including phenoxy) is 1. The lowest BCUT2D eigenvalue weighted by Gasteiger charge is -2.06. The number of nitrogens with zero attached hydrogens (tertiary/aromatic N) is 1. The Morgan fingerprint density at radius 2 is 2.20 bits per heavy atom. The predicted octanol–water partition coefficient (Wildman–Crippen LogP) is 3.07. The van der Waals surface area contributed by atoms with Gasteiger partial charge in [-0.2, -0.15) is 5.26 Å². The quantitative estimate of drug-likeness (QED) is 0.750. The van der Waals surface area contributed by atoms with Crippen molar-refractivity contribution < 1.29 is 9.15 Å². The minimum Gasteiger partial charge on any atom is -0.493 e. The number of methoxy groups -OCH3 is 1. The Morgan fingerprint density at radius 1 is 1.40 bits per heavy atom. The smallest absolute Gasteiger partial charge is 0.175 e. The molecule has 3 nitrogen and oxygen atoms in total. The molecule has 0 saturated heterocycles. The molecule has 1 aromatic heterocycles. The highest BCUT2D eigenvalue weighted by Gasteiger charge is 2.13. The summed E-state index contributed by atoms with van der Waals surface area (Å²) >= 11 is 0. The van der Waals surface area contributed by atoms with Gasteiger partial charge in [-0.1, -0.05) is 6.07 Å². The van der Waals surface area contributed by atoms with E-state index in [4.69, 9.17) is 14.4 Å². The maximum atomic E-state index is 8.90. The van der Waals surface area contributed by atoms with Crippen molar-refractivity contribution in [1.82, 2.24) is 0 Å². The molecule has 3 heteroatoms. The summed E-state index contributed by atoms with van der Waals surface area (Å²) in [6.45, 7) is 1.87. The molecule has 0 radical (unpaired) electrons. The van der Waals surface area contributed by atoms with Crippen LogP contribution < -0.4 is 4.74 Å². The highest BCUT2D eigenvalue weighted by molar-refractivity contribution is 5.87. The molecule has 0 spiro atoms. The maximum absolute atomic E-state index is 8.90. The molecule has 0 amide bonds. The molecule has 1 heterocycles. The van der Waals surface area contributed by atoms with Crippen LogP contribution in [0.2, 0.25) is 0 Å². The first-order valence-electron chi connectivity index (χ1n) is 4.71. The number of nitriles is 1. The van der Waals surface area contributed by atoms with Crippen LogP contribution in [0.5, 0.6) is 5.75 Å². The Labute approximate surface area is 87.9 Å². The first-order chi connectivity index (χ1) is 7.27. The molecule has 15 heavy (non-hydrogen) atoms. The summed E-state index contributed by atoms with van der Waals surface area (Å²) in [6.07, 6.45) is 1.61. The van der Waals surface area contributed by atoms with Crippen molar-refractivity contribution >= 4 is 11.0 Å². The standard InChI is InChI=1S/C12H11NO2/c1-8(7-13)9-3-4-11(14-2)12-10(9)5-6-15-12/h3-6,8H,1-2H3. The van der Waals surface area contributed by atoms with E-state index in [9.17, 15) is 0 Å². The van der Waals surface area contributed by atoms with Gasteiger partial charge in [-0.05, 0) is 24.6 Å². The molecule has 0 bridgehead atoms. The van der Waals surface area contributed by atoms with Gasteiger partial charge in [0.05, 0.1) is 25.4 Å². The fraction of sp³-hybridized carbons (Fsp3) is 0.250. The average molecular weight is 201 g/mol. The summed E-state index contributed by atoms with van der Waals surface area (Å²) in [6, 6.07) is 7.82. The van der Waals surface area contributed by atoms with Crippen LogP contribution in [-0.4, -0.2) is 7.11 Å². The van der Waals surface area contributed by atoms with E-state index in [0.29, 0.717) is 11.3 Å². The van der Waals surface area contributed by atoms with Crippen molar-refractivity contribution in [3.63, 3.8) is 0 Å². The fourth-order valence-corrected chi connectivity index (χ4v) is 1.67. The number of furan rings is 1.